The molecule has 0 aliphatic carbocycles. The zero-order valence-electron chi connectivity index (χ0n) is 12.8. The molecule has 1 amide bonds. The van der Waals surface area contributed by atoms with Crippen LogP contribution in [0.4, 0.5) is 5.82 Å². The number of nitrogens with one attached hydrogen (secondary N) is 2. The largest absolute Gasteiger partial charge is 0.317 e. The molecule has 0 saturated carbocycles. The lowest BCUT2D eigenvalue weighted by Crippen LogP contribution is -2.26. The molecule has 1 aliphatic heterocycles. The summed E-state index contributed by atoms with van der Waals surface area (Å²) in [4.78, 5) is 20.9. The Kier molecular flexibility index (Phi) is 4.22. The Morgan fingerprint density at radius 1 is 1.33 bits per heavy atom. The Hall–Kier alpha value is -1.96. The molecule has 0 atom stereocenters. The van der Waals surface area contributed by atoms with E-state index in [0.29, 0.717) is 21.8 Å². The van der Waals surface area contributed by atoms with Crippen LogP contribution in [0.25, 0.3) is 5.65 Å². The number of hydrogen-bond acceptors (Lipinski definition) is 5. The number of halogens is 1. The fourth-order valence-corrected chi connectivity index (χ4v) is 3.73. The third kappa shape index (κ3) is 2.90. The van der Waals surface area contributed by atoms with Gasteiger partial charge in [0.15, 0.2) is 5.82 Å². The number of nitrogens with zero attached hydrogens (tertiary/aromatic N) is 3. The zero-order valence-corrected chi connectivity index (χ0v) is 14.4. The lowest BCUT2D eigenvalue weighted by molar-refractivity contribution is 0.102. The molecule has 0 unspecified atom stereocenters. The standard InChI is InChI=1S/C16H16ClN5OS/c17-14-15(20-9-24-14)21-16(23)12-7-19-13-2-1-11(8-22(12)13)10-3-5-18-6-4-10/h1-2,7-10,18H,3-6H2,(H,21,23). The van der Waals surface area contributed by atoms with Crippen LogP contribution < -0.4 is 10.6 Å². The number of anilines is 1. The van der Waals surface area contributed by atoms with Crippen molar-refractivity contribution in [3.63, 3.8) is 0 Å². The molecular formula is C16H16ClN5OS. The normalized spacial score (nSPS) is 15.7. The molecule has 1 fully saturated rings. The monoisotopic (exact) mass is 361 g/mol. The lowest BCUT2D eigenvalue weighted by atomic mass is 9.91. The first-order chi connectivity index (χ1) is 11.7. The van der Waals surface area contributed by atoms with Gasteiger partial charge in [-0.1, -0.05) is 17.7 Å². The second-order valence-electron chi connectivity index (χ2n) is 5.79. The maximum atomic E-state index is 12.6. The van der Waals surface area contributed by atoms with Crippen LogP contribution in [0.3, 0.4) is 0 Å². The summed E-state index contributed by atoms with van der Waals surface area (Å²) in [5, 5.41) is 6.12. The van der Waals surface area contributed by atoms with Crippen LogP contribution in [0, 0.1) is 0 Å². The summed E-state index contributed by atoms with van der Waals surface area (Å²) in [6, 6.07) is 4.07. The van der Waals surface area contributed by atoms with Gasteiger partial charge in [-0.25, -0.2) is 9.97 Å². The van der Waals surface area contributed by atoms with E-state index in [1.807, 2.05) is 16.7 Å². The average molecular weight is 362 g/mol. The van der Waals surface area contributed by atoms with Crippen molar-refractivity contribution in [2.75, 3.05) is 18.4 Å². The first kappa shape index (κ1) is 15.6. The number of amides is 1. The van der Waals surface area contributed by atoms with E-state index in [-0.39, 0.29) is 5.91 Å². The van der Waals surface area contributed by atoms with E-state index in [1.54, 1.807) is 11.7 Å². The molecule has 0 radical (unpaired) electrons. The third-order valence-corrected chi connectivity index (χ3v) is 5.39. The molecule has 2 N–H and O–H groups in total. The maximum absolute atomic E-state index is 12.6. The van der Waals surface area contributed by atoms with Crippen LogP contribution >= 0.6 is 22.9 Å². The SMILES string of the molecule is O=C(Nc1ncsc1Cl)c1cnc2ccc(C3CCNCC3)cn12. The number of fused-ring (bicyclic) bond motifs is 1. The summed E-state index contributed by atoms with van der Waals surface area (Å²) < 4.78 is 2.31. The van der Waals surface area contributed by atoms with E-state index < -0.39 is 0 Å². The molecule has 0 spiro atoms. The van der Waals surface area contributed by atoms with Crippen LogP contribution in [0.5, 0.6) is 0 Å². The number of rotatable bonds is 3. The summed E-state index contributed by atoms with van der Waals surface area (Å²) in [6.07, 6.45) is 5.82. The van der Waals surface area contributed by atoms with Gasteiger partial charge in [-0.05, 0) is 43.5 Å². The highest BCUT2D eigenvalue weighted by Crippen LogP contribution is 2.27. The van der Waals surface area contributed by atoms with Gasteiger partial charge in [-0.2, -0.15) is 0 Å². The summed E-state index contributed by atoms with van der Waals surface area (Å²) in [7, 11) is 0. The number of imidazole rings is 1. The molecule has 6 nitrogen and oxygen atoms in total. The molecule has 4 rings (SSSR count). The van der Waals surface area contributed by atoms with Crippen LogP contribution in [0.2, 0.25) is 4.34 Å². The smallest absolute Gasteiger partial charge is 0.275 e. The molecule has 1 saturated heterocycles. The van der Waals surface area contributed by atoms with Crippen molar-refractivity contribution in [1.29, 1.82) is 0 Å². The minimum atomic E-state index is -0.266. The quantitative estimate of drug-likeness (QED) is 0.751. The number of thiazole rings is 1. The van der Waals surface area contributed by atoms with Crippen LogP contribution in [0.1, 0.15) is 34.8 Å². The van der Waals surface area contributed by atoms with Gasteiger partial charge >= 0.3 is 0 Å². The van der Waals surface area contributed by atoms with Gasteiger partial charge in [0.05, 0.1) is 11.7 Å². The Morgan fingerprint density at radius 2 is 2.17 bits per heavy atom. The fourth-order valence-electron chi connectivity index (χ4n) is 3.05. The van der Waals surface area contributed by atoms with E-state index in [4.69, 9.17) is 11.6 Å². The zero-order chi connectivity index (χ0) is 16.5. The van der Waals surface area contributed by atoms with Crippen molar-refractivity contribution in [1.82, 2.24) is 19.7 Å². The second-order valence-corrected chi connectivity index (χ2v) is 7.24. The van der Waals surface area contributed by atoms with Crippen LogP contribution in [0.15, 0.2) is 30.0 Å². The van der Waals surface area contributed by atoms with E-state index in [2.05, 4.69) is 26.7 Å². The topological polar surface area (TPSA) is 71.3 Å². The lowest BCUT2D eigenvalue weighted by Gasteiger charge is -2.23. The predicted octanol–water partition coefficient (Wildman–Crippen LogP) is 3.16. The molecular weight excluding hydrogens is 346 g/mol. The van der Waals surface area contributed by atoms with Crippen molar-refractivity contribution in [2.45, 2.75) is 18.8 Å². The molecule has 4 heterocycles. The molecule has 124 valence electrons. The molecule has 1 aliphatic rings. The second kappa shape index (κ2) is 6.51. The highest BCUT2D eigenvalue weighted by atomic mass is 35.5. The predicted molar refractivity (Wildman–Crippen MR) is 95.1 cm³/mol. The molecule has 0 aromatic carbocycles. The average Bonchev–Trinajstić information content (AvgIpc) is 3.21. The van der Waals surface area contributed by atoms with E-state index >= 15 is 0 Å². The Bertz CT molecular complexity index is 884. The highest BCUT2D eigenvalue weighted by molar-refractivity contribution is 7.14. The van der Waals surface area contributed by atoms with Gasteiger partial charge in [-0.15, -0.1) is 11.3 Å². The van der Waals surface area contributed by atoms with Crippen molar-refractivity contribution >= 4 is 40.3 Å². The fraction of sp³-hybridized carbons (Fsp3) is 0.312. The van der Waals surface area contributed by atoms with Crippen molar-refractivity contribution in [3.8, 4) is 0 Å². The van der Waals surface area contributed by atoms with Crippen molar-refractivity contribution < 1.29 is 4.79 Å². The summed E-state index contributed by atoms with van der Waals surface area (Å²) >= 11 is 7.28. The van der Waals surface area contributed by atoms with Crippen LogP contribution in [-0.2, 0) is 0 Å². The molecule has 0 bridgehead atoms. The van der Waals surface area contributed by atoms with E-state index in [0.717, 1.165) is 31.6 Å². The number of aromatic nitrogens is 3. The Morgan fingerprint density at radius 3 is 2.92 bits per heavy atom. The van der Waals surface area contributed by atoms with Gasteiger partial charge in [0.25, 0.3) is 5.91 Å². The van der Waals surface area contributed by atoms with Crippen molar-refractivity contribution in [3.05, 3.63) is 45.6 Å². The minimum Gasteiger partial charge on any atom is -0.317 e. The van der Waals surface area contributed by atoms with E-state index in [1.165, 1.54) is 16.9 Å². The summed E-state index contributed by atoms with van der Waals surface area (Å²) in [5.74, 6) is 0.635. The number of carbonyl (C=O) groups is 1. The number of piperidine rings is 1. The van der Waals surface area contributed by atoms with Gasteiger partial charge in [0, 0.05) is 6.20 Å². The third-order valence-electron chi connectivity index (χ3n) is 4.33. The van der Waals surface area contributed by atoms with Crippen LogP contribution in [-0.4, -0.2) is 33.4 Å². The first-order valence-corrected chi connectivity index (χ1v) is 9.06. The number of carbonyl (C=O) groups excluding carboxylic acids is 1. The van der Waals surface area contributed by atoms with Gasteiger partial charge in [0.2, 0.25) is 0 Å². The van der Waals surface area contributed by atoms with Crippen molar-refractivity contribution in [2.24, 2.45) is 0 Å². The molecule has 3 aromatic heterocycles. The van der Waals surface area contributed by atoms with Gasteiger partial charge in [0.1, 0.15) is 15.7 Å². The molecule has 8 heteroatoms. The van der Waals surface area contributed by atoms with Gasteiger partial charge in [-0.3, -0.25) is 9.20 Å². The highest BCUT2D eigenvalue weighted by Gasteiger charge is 2.19. The maximum Gasteiger partial charge on any atom is 0.275 e. The summed E-state index contributed by atoms with van der Waals surface area (Å²) in [6.45, 7) is 2.06. The Labute approximate surface area is 147 Å². The molecule has 24 heavy (non-hydrogen) atoms. The Balaban J connectivity index is 1.65. The van der Waals surface area contributed by atoms with Gasteiger partial charge < -0.3 is 10.6 Å². The number of pyridine rings is 1. The summed E-state index contributed by atoms with van der Waals surface area (Å²) in [5.41, 5.74) is 4.07. The number of hydrogen-bond donors (Lipinski definition) is 2. The molecule has 3 aromatic rings. The first-order valence-electron chi connectivity index (χ1n) is 7.80. The minimum absolute atomic E-state index is 0.266. The van der Waals surface area contributed by atoms with E-state index in [9.17, 15) is 4.79 Å².